The van der Waals surface area contributed by atoms with Crippen molar-refractivity contribution in [2.45, 2.75) is 65.3 Å². The Kier molecular flexibility index (Phi) is 5.39. The predicted molar refractivity (Wildman–Crippen MR) is 88.7 cm³/mol. The summed E-state index contributed by atoms with van der Waals surface area (Å²) in [5, 5.41) is 27.1. The van der Waals surface area contributed by atoms with Crippen molar-refractivity contribution < 1.29 is 34.4 Å². The highest BCUT2D eigenvalue weighted by atomic mass is 16.5. The van der Waals surface area contributed by atoms with E-state index in [4.69, 9.17) is 19.7 Å². The van der Waals surface area contributed by atoms with Crippen molar-refractivity contribution >= 4 is 11.9 Å². The van der Waals surface area contributed by atoms with Gasteiger partial charge in [0, 0.05) is 18.4 Å². The van der Waals surface area contributed by atoms with Gasteiger partial charge in [-0.25, -0.2) is 4.79 Å². The Balaban J connectivity index is 2.36. The van der Waals surface area contributed by atoms with E-state index in [9.17, 15) is 14.7 Å². The van der Waals surface area contributed by atoms with E-state index in [2.05, 4.69) is 0 Å². The third kappa shape index (κ3) is 3.77. The molecule has 1 heterocycles. The van der Waals surface area contributed by atoms with Crippen LogP contribution in [0, 0.1) is 20.8 Å². The van der Waals surface area contributed by atoms with E-state index in [-0.39, 0.29) is 12.8 Å². The van der Waals surface area contributed by atoms with E-state index in [1.807, 2.05) is 6.92 Å². The average Bonchev–Trinajstić information content (AvgIpc) is 2.54. The van der Waals surface area contributed by atoms with Crippen LogP contribution in [0.25, 0.3) is 0 Å². The number of benzene rings is 1. The second kappa shape index (κ2) is 7.01. The van der Waals surface area contributed by atoms with Crippen molar-refractivity contribution in [1.82, 2.24) is 0 Å². The minimum Gasteiger partial charge on any atom is -0.478 e. The van der Waals surface area contributed by atoms with Crippen LogP contribution in [0.1, 0.15) is 48.4 Å². The number of esters is 1. The Morgan fingerprint density at radius 1 is 1.20 bits per heavy atom. The maximum Gasteiger partial charge on any atom is 0.347 e. The van der Waals surface area contributed by atoms with Gasteiger partial charge in [-0.2, -0.15) is 0 Å². The quantitative estimate of drug-likeness (QED) is 0.420. The zero-order chi connectivity index (χ0) is 18.9. The van der Waals surface area contributed by atoms with Crippen molar-refractivity contribution in [2.24, 2.45) is 0 Å². The molecule has 138 valence electrons. The lowest BCUT2D eigenvalue weighted by atomic mass is 9.87. The number of aliphatic carboxylic acids is 1. The standard InChI is InChI=1S/C18H24O7/c1-9-10(2)16-12(7-8-18(4,25-16)17(22)23)11(3)15(9)24-14(21)6-5-13(19)20/h13,19-20H,5-8H2,1-4H3,(H,22,23)/t18-/m0/s1. The predicted octanol–water partition coefficient (Wildman–Crippen LogP) is 1.78. The molecule has 0 spiro atoms. The third-order valence-electron chi connectivity index (χ3n) is 4.77. The van der Waals surface area contributed by atoms with E-state index in [0.717, 1.165) is 16.7 Å². The molecule has 0 fully saturated rings. The number of carbonyl (C=O) groups is 2. The summed E-state index contributed by atoms with van der Waals surface area (Å²) in [4.78, 5) is 23.4. The van der Waals surface area contributed by atoms with Crippen LogP contribution < -0.4 is 9.47 Å². The Labute approximate surface area is 146 Å². The summed E-state index contributed by atoms with van der Waals surface area (Å²) >= 11 is 0. The Morgan fingerprint density at radius 2 is 1.84 bits per heavy atom. The lowest BCUT2D eigenvalue weighted by molar-refractivity contribution is -0.155. The van der Waals surface area contributed by atoms with Gasteiger partial charge in [0.2, 0.25) is 5.60 Å². The van der Waals surface area contributed by atoms with Crippen LogP contribution in [0.15, 0.2) is 0 Å². The molecule has 0 amide bonds. The van der Waals surface area contributed by atoms with Crippen LogP contribution in [-0.4, -0.2) is 39.1 Å². The topological polar surface area (TPSA) is 113 Å². The number of carbonyl (C=O) groups excluding carboxylic acids is 1. The third-order valence-corrected chi connectivity index (χ3v) is 4.77. The second-order valence-corrected chi connectivity index (χ2v) is 6.64. The van der Waals surface area contributed by atoms with Gasteiger partial charge in [-0.05, 0) is 50.8 Å². The van der Waals surface area contributed by atoms with Gasteiger partial charge in [0.05, 0.1) is 6.42 Å². The molecule has 0 saturated heterocycles. The van der Waals surface area contributed by atoms with Crippen molar-refractivity contribution in [3.8, 4) is 11.5 Å². The van der Waals surface area contributed by atoms with E-state index in [1.54, 1.807) is 20.8 Å². The molecule has 1 aliphatic heterocycles. The molecule has 1 atom stereocenters. The van der Waals surface area contributed by atoms with Gasteiger partial charge in [0.1, 0.15) is 11.5 Å². The van der Waals surface area contributed by atoms with E-state index in [1.165, 1.54) is 0 Å². The van der Waals surface area contributed by atoms with Gasteiger partial charge in [-0.15, -0.1) is 0 Å². The van der Waals surface area contributed by atoms with Crippen LogP contribution >= 0.6 is 0 Å². The molecule has 7 nitrogen and oxygen atoms in total. The zero-order valence-corrected chi connectivity index (χ0v) is 14.9. The molecule has 7 heteroatoms. The summed E-state index contributed by atoms with van der Waals surface area (Å²) in [7, 11) is 0. The minimum atomic E-state index is -1.55. The summed E-state index contributed by atoms with van der Waals surface area (Å²) < 4.78 is 11.2. The molecule has 3 N–H and O–H groups in total. The molecule has 0 radical (unpaired) electrons. The van der Waals surface area contributed by atoms with Crippen molar-refractivity contribution in [1.29, 1.82) is 0 Å². The molecule has 0 aromatic heterocycles. The van der Waals surface area contributed by atoms with Crippen LogP contribution in [0.5, 0.6) is 11.5 Å². The van der Waals surface area contributed by atoms with Crippen molar-refractivity contribution in [3.05, 3.63) is 22.3 Å². The van der Waals surface area contributed by atoms with Crippen molar-refractivity contribution in [3.63, 3.8) is 0 Å². The molecule has 1 aliphatic rings. The number of aliphatic hydroxyl groups is 2. The maximum absolute atomic E-state index is 11.9. The van der Waals surface area contributed by atoms with E-state index in [0.29, 0.717) is 29.9 Å². The second-order valence-electron chi connectivity index (χ2n) is 6.64. The summed E-state index contributed by atoms with van der Waals surface area (Å²) in [6.45, 7) is 6.94. The largest absolute Gasteiger partial charge is 0.478 e. The fraction of sp³-hybridized carbons (Fsp3) is 0.556. The van der Waals surface area contributed by atoms with Crippen LogP contribution in [0.3, 0.4) is 0 Å². The van der Waals surface area contributed by atoms with Crippen LogP contribution in [-0.2, 0) is 16.0 Å². The molecule has 1 aromatic carbocycles. The maximum atomic E-state index is 11.9. The number of carboxylic acids is 1. The van der Waals surface area contributed by atoms with Crippen molar-refractivity contribution in [2.75, 3.05) is 0 Å². The lowest BCUT2D eigenvalue weighted by Crippen LogP contribution is -2.44. The fourth-order valence-electron chi connectivity index (χ4n) is 2.95. The molecule has 2 rings (SSSR count). The number of carboxylic acid groups (broad SMARTS) is 1. The number of ether oxygens (including phenoxy) is 2. The SMILES string of the molecule is Cc1c(C)c2c(c(C)c1OC(=O)CCC(O)O)CC[C@@](C)(C(=O)O)O2. The van der Waals surface area contributed by atoms with Gasteiger partial charge in [-0.3, -0.25) is 4.79 Å². The highest BCUT2D eigenvalue weighted by Crippen LogP contribution is 2.43. The molecule has 1 aromatic rings. The number of rotatable bonds is 5. The fourth-order valence-corrected chi connectivity index (χ4v) is 2.95. The first-order chi connectivity index (χ1) is 11.6. The Bertz CT molecular complexity index is 708. The first kappa shape index (κ1) is 19.2. The summed E-state index contributed by atoms with van der Waals surface area (Å²) in [6.07, 6.45) is -0.934. The summed E-state index contributed by atoms with van der Waals surface area (Å²) in [6, 6.07) is 0. The van der Waals surface area contributed by atoms with Gasteiger partial charge in [0.15, 0.2) is 6.29 Å². The first-order valence-corrected chi connectivity index (χ1v) is 8.18. The minimum absolute atomic E-state index is 0.0963. The van der Waals surface area contributed by atoms with Gasteiger partial charge < -0.3 is 24.8 Å². The summed E-state index contributed by atoms with van der Waals surface area (Å²) in [5.41, 5.74) is 1.74. The highest BCUT2D eigenvalue weighted by Gasteiger charge is 2.41. The molecule has 0 aliphatic carbocycles. The first-order valence-electron chi connectivity index (χ1n) is 8.18. The zero-order valence-electron chi connectivity index (χ0n) is 14.9. The molecule has 0 saturated carbocycles. The monoisotopic (exact) mass is 352 g/mol. The molecule has 0 unspecified atom stereocenters. The Hall–Kier alpha value is -2.12. The highest BCUT2D eigenvalue weighted by molar-refractivity contribution is 5.79. The van der Waals surface area contributed by atoms with Crippen LogP contribution in [0.4, 0.5) is 0 Å². The van der Waals surface area contributed by atoms with Gasteiger partial charge in [0.25, 0.3) is 0 Å². The number of hydrogen-bond donors (Lipinski definition) is 3. The summed E-state index contributed by atoms with van der Waals surface area (Å²) in [5.74, 6) is -0.593. The number of hydrogen-bond acceptors (Lipinski definition) is 6. The molecular weight excluding hydrogens is 328 g/mol. The lowest BCUT2D eigenvalue weighted by Gasteiger charge is -2.35. The van der Waals surface area contributed by atoms with Gasteiger partial charge >= 0.3 is 11.9 Å². The Morgan fingerprint density at radius 3 is 2.40 bits per heavy atom. The van der Waals surface area contributed by atoms with E-state index < -0.39 is 23.8 Å². The normalized spacial score (nSPS) is 19.3. The smallest absolute Gasteiger partial charge is 0.347 e. The molecular formula is C18H24O7. The van der Waals surface area contributed by atoms with Crippen LogP contribution in [0.2, 0.25) is 0 Å². The van der Waals surface area contributed by atoms with E-state index >= 15 is 0 Å². The average molecular weight is 352 g/mol. The molecule has 25 heavy (non-hydrogen) atoms. The molecule has 0 bridgehead atoms. The number of fused-ring (bicyclic) bond motifs is 1. The van der Waals surface area contributed by atoms with Gasteiger partial charge in [-0.1, -0.05) is 0 Å². The number of aliphatic hydroxyl groups excluding tert-OH is 1.